The molecule has 0 saturated heterocycles. The molecule has 0 radical (unpaired) electrons. The van der Waals surface area contributed by atoms with Gasteiger partial charge in [0.2, 0.25) is 0 Å². The van der Waals surface area contributed by atoms with E-state index in [1.165, 1.54) is 10.4 Å². The van der Waals surface area contributed by atoms with E-state index in [1.54, 1.807) is 11.3 Å². The molecule has 2 aromatic rings. The molecule has 4 heteroatoms. The zero-order valence-corrected chi connectivity index (χ0v) is 13.4. The van der Waals surface area contributed by atoms with Crippen LogP contribution in [0.25, 0.3) is 0 Å². The molecule has 0 aliphatic heterocycles. The lowest BCUT2D eigenvalue weighted by molar-refractivity contribution is 0.582. The molecular weight excluding hydrogens is 362 g/mol. The summed E-state index contributed by atoms with van der Waals surface area (Å²) in [4.78, 5) is 1.35. The highest BCUT2D eigenvalue weighted by atomic mass is 79.9. The molecule has 0 aliphatic rings. The van der Waals surface area contributed by atoms with E-state index in [9.17, 15) is 0 Å². The molecule has 1 aromatic carbocycles. The third-order valence-electron chi connectivity index (χ3n) is 2.57. The summed E-state index contributed by atoms with van der Waals surface area (Å²) in [6.45, 7) is 3.06. The highest BCUT2D eigenvalue weighted by Gasteiger charge is 2.08. The standard InChI is InChI=1S/C13H13Br2NS/c1-9(13-6-11(14)8-17-13)16-7-10-4-2-3-5-12(10)15/h2-6,8-9,16H,7H2,1H3. The summed E-state index contributed by atoms with van der Waals surface area (Å²) < 4.78 is 2.32. The fourth-order valence-electron chi connectivity index (χ4n) is 1.56. The second-order valence-corrected chi connectivity index (χ2v) is 6.57. The molecule has 1 nitrogen and oxygen atoms in total. The van der Waals surface area contributed by atoms with Gasteiger partial charge in [-0.25, -0.2) is 0 Å². The maximum atomic E-state index is 3.56. The Morgan fingerprint density at radius 2 is 2.06 bits per heavy atom. The van der Waals surface area contributed by atoms with Crippen molar-refractivity contribution in [3.63, 3.8) is 0 Å². The SMILES string of the molecule is CC(NCc1ccccc1Br)c1cc(Br)cs1. The lowest BCUT2D eigenvalue weighted by atomic mass is 10.2. The van der Waals surface area contributed by atoms with Crippen molar-refractivity contribution in [2.45, 2.75) is 19.5 Å². The van der Waals surface area contributed by atoms with Gasteiger partial charge in [-0.1, -0.05) is 34.1 Å². The predicted molar refractivity (Wildman–Crippen MR) is 81.4 cm³/mol. The maximum Gasteiger partial charge on any atom is 0.0389 e. The first-order valence-corrected chi connectivity index (χ1v) is 7.84. The molecule has 0 bridgehead atoms. The molecule has 1 N–H and O–H groups in total. The topological polar surface area (TPSA) is 12.0 Å². The number of hydrogen-bond acceptors (Lipinski definition) is 2. The predicted octanol–water partition coefficient (Wildman–Crippen LogP) is 5.12. The summed E-state index contributed by atoms with van der Waals surface area (Å²) in [5.74, 6) is 0. The van der Waals surface area contributed by atoms with Crippen molar-refractivity contribution < 1.29 is 0 Å². The Kier molecular flexibility index (Phi) is 4.79. The average Bonchev–Trinajstić information content (AvgIpc) is 2.74. The van der Waals surface area contributed by atoms with E-state index in [4.69, 9.17) is 0 Å². The van der Waals surface area contributed by atoms with Gasteiger partial charge in [-0.05, 0) is 40.5 Å². The van der Waals surface area contributed by atoms with Crippen LogP contribution in [-0.2, 0) is 6.54 Å². The first-order chi connectivity index (χ1) is 8.16. The summed E-state index contributed by atoms with van der Waals surface area (Å²) in [5, 5.41) is 5.65. The molecule has 0 aliphatic carbocycles. The first-order valence-electron chi connectivity index (χ1n) is 5.37. The monoisotopic (exact) mass is 373 g/mol. The molecule has 1 atom stereocenters. The van der Waals surface area contributed by atoms with Crippen LogP contribution in [0.15, 0.2) is 44.7 Å². The molecule has 0 fully saturated rings. The zero-order valence-electron chi connectivity index (χ0n) is 9.41. The third kappa shape index (κ3) is 3.65. The first kappa shape index (κ1) is 13.3. The van der Waals surface area contributed by atoms with Gasteiger partial charge in [-0.2, -0.15) is 0 Å². The molecule has 17 heavy (non-hydrogen) atoms. The van der Waals surface area contributed by atoms with Crippen LogP contribution in [0, 0.1) is 0 Å². The summed E-state index contributed by atoms with van der Waals surface area (Å²) in [5.41, 5.74) is 1.29. The molecule has 1 unspecified atom stereocenters. The lowest BCUT2D eigenvalue weighted by Gasteiger charge is -2.12. The van der Waals surface area contributed by atoms with E-state index in [1.807, 2.05) is 6.07 Å². The molecular formula is C13H13Br2NS. The van der Waals surface area contributed by atoms with Crippen molar-refractivity contribution in [2.75, 3.05) is 0 Å². The molecule has 0 spiro atoms. The highest BCUT2D eigenvalue weighted by molar-refractivity contribution is 9.10. The lowest BCUT2D eigenvalue weighted by Crippen LogP contribution is -2.17. The van der Waals surface area contributed by atoms with Gasteiger partial charge < -0.3 is 5.32 Å². The van der Waals surface area contributed by atoms with Crippen LogP contribution in [0.2, 0.25) is 0 Å². The van der Waals surface area contributed by atoms with Crippen LogP contribution in [0.4, 0.5) is 0 Å². The van der Waals surface area contributed by atoms with Gasteiger partial charge in [-0.15, -0.1) is 11.3 Å². The Labute approximate surface area is 123 Å². The van der Waals surface area contributed by atoms with Crippen LogP contribution in [-0.4, -0.2) is 0 Å². The second-order valence-electron chi connectivity index (χ2n) is 3.86. The van der Waals surface area contributed by atoms with Crippen molar-refractivity contribution in [3.8, 4) is 0 Å². The minimum Gasteiger partial charge on any atom is -0.305 e. The smallest absolute Gasteiger partial charge is 0.0389 e. The normalized spacial score (nSPS) is 12.6. The van der Waals surface area contributed by atoms with Crippen molar-refractivity contribution in [1.82, 2.24) is 5.32 Å². The van der Waals surface area contributed by atoms with Crippen LogP contribution >= 0.6 is 43.2 Å². The van der Waals surface area contributed by atoms with E-state index in [-0.39, 0.29) is 0 Å². The number of thiophene rings is 1. The number of benzene rings is 1. The maximum absolute atomic E-state index is 3.56. The van der Waals surface area contributed by atoms with Gasteiger partial charge in [0.1, 0.15) is 0 Å². The largest absolute Gasteiger partial charge is 0.305 e. The van der Waals surface area contributed by atoms with E-state index >= 15 is 0 Å². The Balaban J connectivity index is 1.97. The number of nitrogens with one attached hydrogen (secondary N) is 1. The van der Waals surface area contributed by atoms with Crippen molar-refractivity contribution >= 4 is 43.2 Å². The van der Waals surface area contributed by atoms with Gasteiger partial charge in [0.05, 0.1) is 0 Å². The number of hydrogen-bond donors (Lipinski definition) is 1. The minimum absolute atomic E-state index is 0.374. The minimum atomic E-state index is 0.374. The van der Waals surface area contributed by atoms with E-state index < -0.39 is 0 Å². The van der Waals surface area contributed by atoms with Crippen LogP contribution < -0.4 is 5.32 Å². The summed E-state index contributed by atoms with van der Waals surface area (Å²) in [7, 11) is 0. The van der Waals surface area contributed by atoms with Gasteiger partial charge in [0.15, 0.2) is 0 Å². The Hall–Kier alpha value is -0.160. The second kappa shape index (κ2) is 6.14. The Morgan fingerprint density at radius 1 is 1.29 bits per heavy atom. The van der Waals surface area contributed by atoms with Gasteiger partial charge >= 0.3 is 0 Å². The van der Waals surface area contributed by atoms with Gasteiger partial charge in [-0.3, -0.25) is 0 Å². The highest BCUT2D eigenvalue weighted by Crippen LogP contribution is 2.26. The molecule has 0 saturated carbocycles. The summed E-state index contributed by atoms with van der Waals surface area (Å²) in [6.07, 6.45) is 0. The average molecular weight is 375 g/mol. The number of halogens is 2. The zero-order chi connectivity index (χ0) is 12.3. The van der Waals surface area contributed by atoms with Gasteiger partial charge in [0.25, 0.3) is 0 Å². The van der Waals surface area contributed by atoms with Crippen molar-refractivity contribution in [2.24, 2.45) is 0 Å². The van der Waals surface area contributed by atoms with E-state index in [0.29, 0.717) is 6.04 Å². The van der Waals surface area contributed by atoms with Gasteiger partial charge in [0, 0.05) is 31.8 Å². The molecule has 90 valence electrons. The third-order valence-corrected chi connectivity index (χ3v) is 5.22. The van der Waals surface area contributed by atoms with Crippen LogP contribution in [0.1, 0.15) is 23.4 Å². The summed E-state index contributed by atoms with van der Waals surface area (Å²) in [6, 6.07) is 10.8. The van der Waals surface area contributed by atoms with Crippen molar-refractivity contribution in [1.29, 1.82) is 0 Å². The number of rotatable bonds is 4. The molecule has 2 rings (SSSR count). The fourth-order valence-corrected chi connectivity index (χ4v) is 3.46. The Morgan fingerprint density at radius 3 is 2.71 bits per heavy atom. The Bertz CT molecular complexity index is 496. The molecule has 1 aromatic heterocycles. The fraction of sp³-hybridized carbons (Fsp3) is 0.231. The van der Waals surface area contributed by atoms with Crippen LogP contribution in [0.5, 0.6) is 0 Å². The van der Waals surface area contributed by atoms with Crippen LogP contribution in [0.3, 0.4) is 0 Å². The molecule has 1 heterocycles. The summed E-state index contributed by atoms with van der Waals surface area (Å²) >= 11 is 8.82. The molecule has 0 amide bonds. The van der Waals surface area contributed by atoms with E-state index in [2.05, 4.69) is 73.7 Å². The quantitative estimate of drug-likeness (QED) is 0.782. The van der Waals surface area contributed by atoms with Crippen molar-refractivity contribution in [3.05, 3.63) is 55.1 Å². The van der Waals surface area contributed by atoms with E-state index in [0.717, 1.165) is 15.5 Å².